The van der Waals surface area contributed by atoms with Crippen molar-refractivity contribution in [1.82, 2.24) is 5.16 Å². The van der Waals surface area contributed by atoms with Crippen molar-refractivity contribution in [2.75, 3.05) is 24.7 Å². The molecule has 7 nitrogen and oxygen atoms in total. The van der Waals surface area contributed by atoms with Crippen molar-refractivity contribution in [2.24, 2.45) is 5.92 Å². The molecule has 2 aromatic rings. The van der Waals surface area contributed by atoms with E-state index in [4.69, 9.17) is 18.7 Å². The molecule has 1 aromatic heterocycles. The van der Waals surface area contributed by atoms with Crippen molar-refractivity contribution in [3.8, 4) is 0 Å². The summed E-state index contributed by atoms with van der Waals surface area (Å²) < 4.78 is 49.4. The lowest BCUT2D eigenvalue weighted by molar-refractivity contribution is -0.0467. The second kappa shape index (κ2) is 5.37. The van der Waals surface area contributed by atoms with E-state index in [2.05, 4.69) is 5.16 Å². The zero-order chi connectivity index (χ0) is 17.1. The van der Waals surface area contributed by atoms with Gasteiger partial charge in [-0.2, -0.15) is 4.39 Å². The summed E-state index contributed by atoms with van der Waals surface area (Å²) >= 11 is 0. The van der Waals surface area contributed by atoms with Crippen LogP contribution in [-0.4, -0.2) is 37.1 Å². The molecule has 25 heavy (non-hydrogen) atoms. The lowest BCUT2D eigenvalue weighted by Crippen LogP contribution is -2.35. The van der Waals surface area contributed by atoms with Crippen molar-refractivity contribution >= 4 is 22.9 Å². The van der Waals surface area contributed by atoms with Crippen LogP contribution in [0.15, 0.2) is 10.6 Å². The molecular formula is C16H14F2N2O5. The number of cyclic esters (lactones) is 1. The van der Waals surface area contributed by atoms with Gasteiger partial charge in [-0.1, -0.05) is 5.16 Å². The zero-order valence-corrected chi connectivity index (χ0v) is 13.0. The molecule has 5 rings (SSSR count). The van der Waals surface area contributed by atoms with E-state index < -0.39 is 24.0 Å². The van der Waals surface area contributed by atoms with Crippen molar-refractivity contribution in [1.29, 1.82) is 0 Å². The molecule has 1 saturated carbocycles. The van der Waals surface area contributed by atoms with E-state index in [9.17, 15) is 13.6 Å². The zero-order valence-electron chi connectivity index (χ0n) is 13.0. The molecule has 2 saturated heterocycles. The van der Waals surface area contributed by atoms with E-state index in [1.807, 2.05) is 0 Å². The maximum absolute atomic E-state index is 14.4. The number of anilines is 1. The number of fused-ring (bicyclic) bond motifs is 1. The van der Waals surface area contributed by atoms with Gasteiger partial charge in [0.25, 0.3) is 0 Å². The topological polar surface area (TPSA) is 74.0 Å². The Hall–Kier alpha value is -2.26. The molecule has 3 heterocycles. The predicted octanol–water partition coefficient (Wildman–Crippen LogP) is 2.89. The number of nitrogens with zero attached hydrogens (tertiary/aromatic N) is 2. The molecule has 1 unspecified atom stereocenters. The smallest absolute Gasteiger partial charge is 0.416 e. The third-order valence-electron chi connectivity index (χ3n) is 4.83. The fourth-order valence-corrected chi connectivity index (χ4v) is 3.41. The first-order valence-electron chi connectivity index (χ1n) is 8.11. The van der Waals surface area contributed by atoms with Crippen LogP contribution >= 0.6 is 0 Å². The molecule has 1 aromatic carbocycles. The molecule has 3 fully saturated rings. The summed E-state index contributed by atoms with van der Waals surface area (Å²) in [6.07, 6.45) is 0.426. The van der Waals surface area contributed by atoms with Crippen LogP contribution in [0.3, 0.4) is 0 Å². The molecule has 9 heteroatoms. The molecule has 0 N–H and O–H groups in total. The number of hydrogen-bond donors (Lipinski definition) is 0. The highest BCUT2D eigenvalue weighted by Crippen LogP contribution is 2.42. The molecule has 0 radical (unpaired) electrons. The van der Waals surface area contributed by atoms with Gasteiger partial charge in [0, 0.05) is 5.56 Å². The van der Waals surface area contributed by atoms with E-state index in [1.165, 1.54) is 11.0 Å². The second-order valence-corrected chi connectivity index (χ2v) is 6.40. The normalized spacial score (nSPS) is 24.5. The molecule has 0 bridgehead atoms. The molecule has 1 amide bonds. The summed E-state index contributed by atoms with van der Waals surface area (Å²) in [4.78, 5) is 13.5. The first-order valence-corrected chi connectivity index (χ1v) is 8.11. The molecule has 1 atom stereocenters. The van der Waals surface area contributed by atoms with Crippen LogP contribution in [0, 0.1) is 17.6 Å². The predicted molar refractivity (Wildman–Crippen MR) is 78.9 cm³/mol. The highest BCUT2D eigenvalue weighted by molar-refractivity contribution is 5.99. The maximum Gasteiger partial charge on any atom is 0.416 e. The van der Waals surface area contributed by atoms with Gasteiger partial charge >= 0.3 is 6.09 Å². The fraction of sp³-hybridized carbons (Fsp3) is 0.500. The third kappa shape index (κ3) is 2.22. The number of benzene rings is 1. The first-order chi connectivity index (χ1) is 12.1. The minimum atomic E-state index is -1.18. The molecular weight excluding hydrogens is 338 g/mol. The van der Waals surface area contributed by atoms with Crippen LogP contribution in [0.5, 0.6) is 0 Å². The standard InChI is InChI=1S/C16H14F2N2O5/c17-11-8(15-22-3-4-23-15)5-9-13(12(11)18)25-19-14(9)20-10(7-1-2-7)6-24-16(20)21/h5,7,10,15H,1-4,6H2. The summed E-state index contributed by atoms with van der Waals surface area (Å²) in [5, 5.41) is 4.01. The van der Waals surface area contributed by atoms with Gasteiger partial charge in [0.2, 0.25) is 11.4 Å². The third-order valence-corrected chi connectivity index (χ3v) is 4.83. The molecule has 0 spiro atoms. The summed E-state index contributed by atoms with van der Waals surface area (Å²) in [6.45, 7) is 0.841. The van der Waals surface area contributed by atoms with Crippen LogP contribution in [0.1, 0.15) is 24.7 Å². The highest BCUT2D eigenvalue weighted by atomic mass is 19.2. The maximum atomic E-state index is 14.4. The van der Waals surface area contributed by atoms with Crippen molar-refractivity contribution in [3.05, 3.63) is 23.3 Å². The monoisotopic (exact) mass is 352 g/mol. The quantitative estimate of drug-likeness (QED) is 0.846. The number of aromatic nitrogens is 1. The van der Waals surface area contributed by atoms with E-state index in [-0.39, 0.29) is 35.0 Å². The van der Waals surface area contributed by atoms with Gasteiger partial charge < -0.3 is 18.7 Å². The van der Waals surface area contributed by atoms with Crippen LogP contribution in [-0.2, 0) is 14.2 Å². The van der Waals surface area contributed by atoms with E-state index in [0.717, 1.165) is 12.8 Å². The molecule has 132 valence electrons. The fourth-order valence-electron chi connectivity index (χ4n) is 3.41. The Balaban J connectivity index is 1.65. The van der Waals surface area contributed by atoms with E-state index in [1.54, 1.807) is 0 Å². The summed E-state index contributed by atoms with van der Waals surface area (Å²) in [5.74, 6) is -1.83. The second-order valence-electron chi connectivity index (χ2n) is 6.40. The average molecular weight is 352 g/mol. The van der Waals surface area contributed by atoms with Gasteiger partial charge in [-0.3, -0.25) is 4.90 Å². The minimum Gasteiger partial charge on any atom is -0.447 e. The van der Waals surface area contributed by atoms with Gasteiger partial charge in [0.15, 0.2) is 17.9 Å². The number of hydrogen-bond acceptors (Lipinski definition) is 6. The van der Waals surface area contributed by atoms with Crippen LogP contribution < -0.4 is 4.90 Å². The largest absolute Gasteiger partial charge is 0.447 e. The van der Waals surface area contributed by atoms with Crippen molar-refractivity contribution in [3.63, 3.8) is 0 Å². The number of halogens is 2. The van der Waals surface area contributed by atoms with Crippen molar-refractivity contribution < 1.29 is 32.3 Å². The number of carbonyl (C=O) groups excluding carboxylic acids is 1. The highest BCUT2D eigenvalue weighted by Gasteiger charge is 2.46. The summed E-state index contributed by atoms with van der Waals surface area (Å²) in [5.41, 5.74) is -0.425. The van der Waals surface area contributed by atoms with Gasteiger partial charge in [-0.25, -0.2) is 9.18 Å². The van der Waals surface area contributed by atoms with Crippen molar-refractivity contribution in [2.45, 2.75) is 25.2 Å². The van der Waals surface area contributed by atoms with Gasteiger partial charge in [0.1, 0.15) is 6.61 Å². The minimum absolute atomic E-state index is 0.0810. The Morgan fingerprint density at radius 1 is 1.16 bits per heavy atom. The van der Waals surface area contributed by atoms with Crippen LogP contribution in [0.2, 0.25) is 0 Å². The van der Waals surface area contributed by atoms with Crippen LogP contribution in [0.4, 0.5) is 19.4 Å². The summed E-state index contributed by atoms with van der Waals surface area (Å²) in [6, 6.07) is 1.20. The number of carbonyl (C=O) groups is 1. The first kappa shape index (κ1) is 15.0. The Bertz CT molecular complexity index is 860. The Morgan fingerprint density at radius 2 is 1.92 bits per heavy atom. The molecule has 3 aliphatic rings. The van der Waals surface area contributed by atoms with E-state index in [0.29, 0.717) is 19.1 Å². The van der Waals surface area contributed by atoms with E-state index >= 15 is 0 Å². The Morgan fingerprint density at radius 3 is 2.64 bits per heavy atom. The van der Waals surface area contributed by atoms with Crippen LogP contribution in [0.25, 0.3) is 11.0 Å². The average Bonchev–Trinajstić information content (AvgIpc) is 2.99. The number of rotatable bonds is 3. The van der Waals surface area contributed by atoms with Gasteiger partial charge in [-0.05, 0) is 24.8 Å². The van der Waals surface area contributed by atoms with Gasteiger partial charge in [0.05, 0.1) is 24.6 Å². The number of ether oxygens (including phenoxy) is 3. The molecule has 2 aliphatic heterocycles. The number of amides is 1. The lowest BCUT2D eigenvalue weighted by atomic mass is 10.1. The lowest BCUT2D eigenvalue weighted by Gasteiger charge is -2.18. The summed E-state index contributed by atoms with van der Waals surface area (Å²) in [7, 11) is 0. The SMILES string of the molecule is O=C1OCC(C2CC2)N1c1noc2c(F)c(F)c(C3OCCO3)cc12. The Labute approximate surface area is 140 Å². The van der Waals surface area contributed by atoms with Gasteiger partial charge in [-0.15, -0.1) is 0 Å². The Kier molecular flexibility index (Phi) is 3.23. The molecule has 1 aliphatic carbocycles.